The van der Waals surface area contributed by atoms with Crippen LogP contribution >= 0.6 is 11.6 Å². The monoisotopic (exact) mass is 422 g/mol. The largest absolute Gasteiger partial charge is 0.463 e. The van der Waals surface area contributed by atoms with E-state index in [1.165, 1.54) is 22.9 Å². The number of hydrogen-bond donors (Lipinski definition) is 0. The summed E-state index contributed by atoms with van der Waals surface area (Å²) in [5, 5.41) is 5.51. The number of esters is 1. The molecule has 8 heteroatoms. The molecule has 0 atom stereocenters. The summed E-state index contributed by atoms with van der Waals surface area (Å²) < 4.78 is 46.0. The van der Waals surface area contributed by atoms with E-state index >= 15 is 0 Å². The number of ether oxygens (including phenoxy) is 1. The Kier molecular flexibility index (Phi) is 5.98. The van der Waals surface area contributed by atoms with Crippen LogP contribution in [-0.4, -0.2) is 22.4 Å². The molecule has 0 aliphatic rings. The first-order valence-corrected chi connectivity index (χ1v) is 9.24. The Bertz CT molecular complexity index is 1090. The predicted octanol–water partition coefficient (Wildman–Crippen LogP) is 5.64. The molecule has 0 saturated carbocycles. The van der Waals surface area contributed by atoms with Gasteiger partial charge in [-0.05, 0) is 61.4 Å². The summed E-state index contributed by atoms with van der Waals surface area (Å²) in [4.78, 5) is 11.6. The van der Waals surface area contributed by atoms with Crippen molar-refractivity contribution in [2.45, 2.75) is 26.6 Å². The minimum atomic E-state index is -4.47. The Morgan fingerprint density at radius 1 is 1.24 bits per heavy atom. The molecule has 4 nitrogen and oxygen atoms in total. The van der Waals surface area contributed by atoms with Crippen LogP contribution in [-0.2, 0) is 22.3 Å². The van der Waals surface area contributed by atoms with Gasteiger partial charge in [0.05, 0.1) is 29.9 Å². The lowest BCUT2D eigenvalue weighted by Crippen LogP contribution is -2.07. The first-order chi connectivity index (χ1) is 13.7. The number of aromatic nitrogens is 2. The molecule has 3 aromatic rings. The van der Waals surface area contributed by atoms with Crippen molar-refractivity contribution in [1.29, 1.82) is 0 Å². The Morgan fingerprint density at radius 3 is 2.66 bits per heavy atom. The molecule has 0 amide bonds. The number of fused-ring (bicyclic) bond motifs is 1. The van der Waals surface area contributed by atoms with E-state index in [1.807, 2.05) is 13.0 Å². The number of rotatable bonds is 5. The summed E-state index contributed by atoms with van der Waals surface area (Å²) in [6.07, 6.45) is -1.82. The van der Waals surface area contributed by atoms with Gasteiger partial charge in [-0.25, -0.2) is 4.79 Å². The quantitative estimate of drug-likeness (QED) is 0.394. The van der Waals surface area contributed by atoms with Crippen LogP contribution in [0.3, 0.4) is 0 Å². The lowest BCUT2D eigenvalue weighted by molar-refractivity contribution is -0.138. The molecule has 1 aromatic heterocycles. The number of benzene rings is 2. The van der Waals surface area contributed by atoms with E-state index in [0.717, 1.165) is 23.3 Å². The van der Waals surface area contributed by atoms with Crippen molar-refractivity contribution in [3.8, 4) is 0 Å². The standard InChI is InChI=1S/C21H18ClF3N2O2/c1-3-29-20(28)9-8-18-17-7-5-15(21(23,24)25)11-19(17)27(26-18)12-14-4-6-16(22)10-13(14)2/h4-11H,3,12H2,1-2H3/b9-8+. The summed E-state index contributed by atoms with van der Waals surface area (Å²) in [5.41, 5.74) is 1.71. The lowest BCUT2D eigenvalue weighted by Gasteiger charge is -2.10. The van der Waals surface area contributed by atoms with E-state index in [9.17, 15) is 18.0 Å². The maximum atomic E-state index is 13.2. The predicted molar refractivity (Wildman–Crippen MR) is 106 cm³/mol. The zero-order valence-corrected chi connectivity index (χ0v) is 16.5. The van der Waals surface area contributed by atoms with Gasteiger partial charge in [0, 0.05) is 16.5 Å². The van der Waals surface area contributed by atoms with Crippen molar-refractivity contribution in [3.63, 3.8) is 0 Å². The highest BCUT2D eigenvalue weighted by Crippen LogP contribution is 2.33. The Labute approximate surface area is 170 Å². The minimum absolute atomic E-state index is 0.225. The molecule has 3 rings (SSSR count). The Balaban J connectivity index is 2.09. The number of aryl methyl sites for hydroxylation is 1. The first kappa shape index (κ1) is 20.9. The molecule has 2 aromatic carbocycles. The number of carbonyl (C=O) groups excluding carboxylic acids is 1. The molecule has 1 heterocycles. The molecule has 0 unspecified atom stereocenters. The molecule has 29 heavy (non-hydrogen) atoms. The normalized spacial score (nSPS) is 12.1. The van der Waals surface area contributed by atoms with Gasteiger partial charge in [0.1, 0.15) is 0 Å². The van der Waals surface area contributed by atoms with Crippen molar-refractivity contribution in [2.24, 2.45) is 0 Å². The van der Waals surface area contributed by atoms with E-state index in [4.69, 9.17) is 16.3 Å². The smallest absolute Gasteiger partial charge is 0.416 e. The van der Waals surface area contributed by atoms with Gasteiger partial charge in [-0.3, -0.25) is 4.68 Å². The van der Waals surface area contributed by atoms with Gasteiger partial charge in [0.15, 0.2) is 0 Å². The topological polar surface area (TPSA) is 44.1 Å². The SMILES string of the molecule is CCOC(=O)/C=C/c1nn(Cc2ccc(Cl)cc2C)c2cc(C(F)(F)F)ccc12. The average molecular weight is 423 g/mol. The molecule has 0 aliphatic carbocycles. The lowest BCUT2D eigenvalue weighted by atomic mass is 10.1. The maximum Gasteiger partial charge on any atom is 0.416 e. The summed E-state index contributed by atoms with van der Waals surface area (Å²) in [5.74, 6) is -0.546. The van der Waals surface area contributed by atoms with E-state index < -0.39 is 17.7 Å². The van der Waals surface area contributed by atoms with Crippen molar-refractivity contribution in [1.82, 2.24) is 9.78 Å². The molecule has 0 fully saturated rings. The maximum absolute atomic E-state index is 13.2. The second-order valence-corrected chi connectivity index (χ2v) is 6.87. The van der Waals surface area contributed by atoms with Gasteiger partial charge >= 0.3 is 12.1 Å². The second-order valence-electron chi connectivity index (χ2n) is 6.43. The fourth-order valence-corrected chi connectivity index (χ4v) is 3.18. The fourth-order valence-electron chi connectivity index (χ4n) is 2.95. The number of halogens is 4. The van der Waals surface area contributed by atoms with Crippen molar-refractivity contribution in [3.05, 3.63) is 69.9 Å². The number of nitrogens with zero attached hydrogens (tertiary/aromatic N) is 2. The molecule has 0 radical (unpaired) electrons. The van der Waals surface area contributed by atoms with Gasteiger partial charge < -0.3 is 4.74 Å². The van der Waals surface area contributed by atoms with Crippen LogP contribution in [0.15, 0.2) is 42.5 Å². The van der Waals surface area contributed by atoms with Crippen LogP contribution in [0.4, 0.5) is 13.2 Å². The Hall–Kier alpha value is -2.80. The van der Waals surface area contributed by atoms with Crippen LogP contribution in [0.2, 0.25) is 5.02 Å². The van der Waals surface area contributed by atoms with Gasteiger partial charge in [0.2, 0.25) is 0 Å². The third kappa shape index (κ3) is 4.79. The number of hydrogen-bond acceptors (Lipinski definition) is 3. The molecule has 0 spiro atoms. The second kappa shape index (κ2) is 8.29. The summed E-state index contributed by atoms with van der Waals surface area (Å²) in [7, 11) is 0. The summed E-state index contributed by atoms with van der Waals surface area (Å²) in [6, 6.07) is 8.75. The van der Waals surface area contributed by atoms with E-state index in [-0.39, 0.29) is 13.2 Å². The molecular formula is C21H18ClF3N2O2. The highest BCUT2D eigenvalue weighted by Gasteiger charge is 2.31. The molecule has 0 saturated heterocycles. The van der Waals surface area contributed by atoms with Crippen LogP contribution < -0.4 is 0 Å². The van der Waals surface area contributed by atoms with Gasteiger partial charge in [-0.1, -0.05) is 17.7 Å². The molecule has 0 aliphatic heterocycles. The Morgan fingerprint density at radius 2 is 2.00 bits per heavy atom. The summed E-state index contributed by atoms with van der Waals surface area (Å²) in [6.45, 7) is 4.04. The third-order valence-corrected chi connectivity index (χ3v) is 4.63. The fraction of sp³-hybridized carbons (Fsp3) is 0.238. The number of alkyl halides is 3. The van der Waals surface area contributed by atoms with E-state index in [1.54, 1.807) is 19.1 Å². The minimum Gasteiger partial charge on any atom is -0.463 e. The van der Waals surface area contributed by atoms with Crippen LogP contribution in [0.25, 0.3) is 17.0 Å². The van der Waals surface area contributed by atoms with Crippen molar-refractivity contribution in [2.75, 3.05) is 6.61 Å². The third-order valence-electron chi connectivity index (χ3n) is 4.40. The van der Waals surface area contributed by atoms with Gasteiger partial charge in [-0.2, -0.15) is 18.3 Å². The zero-order valence-electron chi connectivity index (χ0n) is 15.8. The molecule has 0 N–H and O–H groups in total. The van der Waals surface area contributed by atoms with Crippen molar-refractivity contribution < 1.29 is 22.7 Å². The van der Waals surface area contributed by atoms with Crippen molar-refractivity contribution >= 4 is 34.5 Å². The van der Waals surface area contributed by atoms with E-state index in [2.05, 4.69) is 5.10 Å². The van der Waals surface area contributed by atoms with Crippen LogP contribution in [0, 0.1) is 6.92 Å². The van der Waals surface area contributed by atoms with Crippen LogP contribution in [0.5, 0.6) is 0 Å². The highest BCUT2D eigenvalue weighted by molar-refractivity contribution is 6.30. The average Bonchev–Trinajstić information content (AvgIpc) is 2.99. The van der Waals surface area contributed by atoms with E-state index in [0.29, 0.717) is 21.6 Å². The molecule has 0 bridgehead atoms. The highest BCUT2D eigenvalue weighted by atomic mass is 35.5. The zero-order chi connectivity index (χ0) is 21.2. The first-order valence-electron chi connectivity index (χ1n) is 8.86. The van der Waals surface area contributed by atoms with Gasteiger partial charge in [0.25, 0.3) is 0 Å². The van der Waals surface area contributed by atoms with Gasteiger partial charge in [-0.15, -0.1) is 0 Å². The number of carbonyl (C=O) groups is 1. The summed E-state index contributed by atoms with van der Waals surface area (Å²) >= 11 is 5.99. The molecule has 152 valence electrons. The molecular weight excluding hydrogens is 405 g/mol. The van der Waals surface area contributed by atoms with Crippen LogP contribution in [0.1, 0.15) is 29.3 Å².